The van der Waals surface area contributed by atoms with E-state index in [1.165, 1.54) is 0 Å². The van der Waals surface area contributed by atoms with E-state index in [0.717, 1.165) is 29.7 Å². The maximum atomic E-state index is 12.6. The molecule has 1 aromatic carbocycles. The molecule has 0 radical (unpaired) electrons. The van der Waals surface area contributed by atoms with Crippen LogP contribution in [0.5, 0.6) is 5.88 Å². The van der Waals surface area contributed by atoms with Crippen LogP contribution in [0.3, 0.4) is 0 Å². The zero-order valence-corrected chi connectivity index (χ0v) is 16.3. The van der Waals surface area contributed by atoms with E-state index in [0.29, 0.717) is 25.5 Å². The second-order valence-electron chi connectivity index (χ2n) is 7.01. The van der Waals surface area contributed by atoms with Gasteiger partial charge >= 0.3 is 6.03 Å². The maximum absolute atomic E-state index is 12.6. The van der Waals surface area contributed by atoms with Crippen LogP contribution in [0.4, 0.5) is 10.5 Å². The molecule has 0 saturated carbocycles. The quantitative estimate of drug-likeness (QED) is 0.833. The molecule has 7 heteroatoms. The Morgan fingerprint density at radius 3 is 2.93 bits per heavy atom. The summed E-state index contributed by atoms with van der Waals surface area (Å²) in [6.45, 7) is 3.46. The molecule has 1 aliphatic rings. The molecule has 1 saturated heterocycles. The number of pyridine rings is 1. The number of piperidine rings is 1. The number of carbonyl (C=O) groups is 2. The number of aromatic nitrogens is 1. The van der Waals surface area contributed by atoms with Gasteiger partial charge in [0.1, 0.15) is 0 Å². The van der Waals surface area contributed by atoms with Gasteiger partial charge in [-0.2, -0.15) is 0 Å². The lowest BCUT2D eigenvalue weighted by molar-refractivity contribution is -0.126. The van der Waals surface area contributed by atoms with Crippen LogP contribution in [0.15, 0.2) is 42.6 Å². The molecular weight excluding hydrogens is 356 g/mol. The lowest BCUT2D eigenvalue weighted by atomic mass is 9.97. The van der Waals surface area contributed by atoms with Crippen molar-refractivity contribution in [3.05, 3.63) is 53.7 Å². The number of nitrogens with zero attached hydrogens (tertiary/aromatic N) is 2. The fourth-order valence-electron chi connectivity index (χ4n) is 3.31. The summed E-state index contributed by atoms with van der Waals surface area (Å²) in [6, 6.07) is 11.1. The molecule has 0 aliphatic carbocycles. The molecule has 2 aromatic rings. The predicted molar refractivity (Wildman–Crippen MR) is 107 cm³/mol. The standard InChI is InChI=1S/C21H26N4O3/c1-15-5-3-7-18(11-15)24-21(27)25-10-4-6-17(14-25)20(26)23-13-16-8-9-22-19(12-16)28-2/h3,5,7-9,11-12,17H,4,6,10,13-14H2,1-2H3,(H,23,26)(H,24,27). The van der Waals surface area contributed by atoms with Crippen molar-refractivity contribution in [2.45, 2.75) is 26.3 Å². The van der Waals surface area contributed by atoms with E-state index in [4.69, 9.17) is 4.74 Å². The molecule has 3 rings (SSSR count). The number of urea groups is 1. The molecule has 1 atom stereocenters. The second-order valence-corrected chi connectivity index (χ2v) is 7.01. The molecule has 2 heterocycles. The minimum atomic E-state index is -0.208. The van der Waals surface area contributed by atoms with Crippen LogP contribution in [-0.2, 0) is 11.3 Å². The highest BCUT2D eigenvalue weighted by Gasteiger charge is 2.28. The topological polar surface area (TPSA) is 83.6 Å². The molecule has 28 heavy (non-hydrogen) atoms. The average molecular weight is 382 g/mol. The Kier molecular flexibility index (Phi) is 6.47. The number of ether oxygens (including phenoxy) is 1. The molecule has 148 valence electrons. The molecule has 2 N–H and O–H groups in total. The van der Waals surface area contributed by atoms with E-state index in [1.54, 1.807) is 24.3 Å². The number of nitrogens with one attached hydrogen (secondary N) is 2. The Balaban J connectivity index is 1.53. The normalized spacial score (nSPS) is 16.4. The van der Waals surface area contributed by atoms with Crippen molar-refractivity contribution in [2.75, 3.05) is 25.5 Å². The van der Waals surface area contributed by atoms with Gasteiger partial charge in [-0.15, -0.1) is 0 Å². The first-order valence-electron chi connectivity index (χ1n) is 9.44. The van der Waals surface area contributed by atoms with Crippen molar-refractivity contribution in [3.63, 3.8) is 0 Å². The number of rotatable bonds is 5. The monoisotopic (exact) mass is 382 g/mol. The highest BCUT2D eigenvalue weighted by Crippen LogP contribution is 2.19. The summed E-state index contributed by atoms with van der Waals surface area (Å²) in [5.74, 6) is 0.271. The number of hydrogen-bond donors (Lipinski definition) is 2. The minimum Gasteiger partial charge on any atom is -0.481 e. The third kappa shape index (κ3) is 5.22. The number of aryl methyl sites for hydroxylation is 1. The molecule has 1 aromatic heterocycles. The van der Waals surface area contributed by atoms with Crippen molar-refractivity contribution in [1.29, 1.82) is 0 Å². The first kappa shape index (κ1) is 19.7. The molecule has 0 bridgehead atoms. The summed E-state index contributed by atoms with van der Waals surface area (Å²) in [5, 5.41) is 5.87. The average Bonchev–Trinajstić information content (AvgIpc) is 2.72. The van der Waals surface area contributed by atoms with Crippen molar-refractivity contribution < 1.29 is 14.3 Å². The second kappa shape index (κ2) is 9.21. The number of likely N-dealkylation sites (tertiary alicyclic amines) is 1. The Hall–Kier alpha value is -3.09. The lowest BCUT2D eigenvalue weighted by Gasteiger charge is -2.32. The van der Waals surface area contributed by atoms with Gasteiger partial charge in [0.15, 0.2) is 0 Å². The van der Waals surface area contributed by atoms with Crippen molar-refractivity contribution in [1.82, 2.24) is 15.2 Å². The Bertz CT molecular complexity index is 840. The van der Waals surface area contributed by atoms with Crippen LogP contribution < -0.4 is 15.4 Å². The molecular formula is C21H26N4O3. The predicted octanol–water partition coefficient (Wildman–Crippen LogP) is 2.96. The van der Waals surface area contributed by atoms with Crippen molar-refractivity contribution in [3.8, 4) is 5.88 Å². The van der Waals surface area contributed by atoms with Crippen LogP contribution in [-0.4, -0.2) is 42.0 Å². The summed E-state index contributed by atoms with van der Waals surface area (Å²) >= 11 is 0. The van der Waals surface area contributed by atoms with Crippen molar-refractivity contribution >= 4 is 17.6 Å². The van der Waals surface area contributed by atoms with Crippen LogP contribution in [0, 0.1) is 12.8 Å². The van der Waals surface area contributed by atoms with Gasteiger partial charge in [0.25, 0.3) is 0 Å². The fourth-order valence-corrected chi connectivity index (χ4v) is 3.31. The minimum absolute atomic E-state index is 0.0381. The number of amides is 3. The summed E-state index contributed by atoms with van der Waals surface area (Å²) in [4.78, 5) is 30.9. The summed E-state index contributed by atoms with van der Waals surface area (Å²) in [5.41, 5.74) is 2.77. The van der Waals surface area contributed by atoms with E-state index in [2.05, 4.69) is 15.6 Å². The molecule has 1 aliphatic heterocycles. The number of anilines is 1. The number of benzene rings is 1. The van der Waals surface area contributed by atoms with E-state index >= 15 is 0 Å². The highest BCUT2D eigenvalue weighted by molar-refractivity contribution is 5.90. The van der Waals surface area contributed by atoms with Crippen molar-refractivity contribution in [2.24, 2.45) is 5.92 Å². The van der Waals surface area contributed by atoms with Gasteiger partial charge in [-0.3, -0.25) is 4.79 Å². The van der Waals surface area contributed by atoms with Gasteiger partial charge in [-0.05, 0) is 49.1 Å². The first-order chi connectivity index (χ1) is 13.5. The Morgan fingerprint density at radius 1 is 1.29 bits per heavy atom. The number of methoxy groups -OCH3 is 1. The van der Waals surface area contributed by atoms with Gasteiger partial charge in [0.2, 0.25) is 11.8 Å². The van der Waals surface area contributed by atoms with Gasteiger partial charge in [-0.25, -0.2) is 9.78 Å². The van der Waals surface area contributed by atoms with E-state index in [9.17, 15) is 9.59 Å². The zero-order valence-electron chi connectivity index (χ0n) is 16.3. The van der Waals surface area contributed by atoms with Gasteiger partial charge in [-0.1, -0.05) is 12.1 Å². The lowest BCUT2D eigenvalue weighted by Crippen LogP contribution is -2.46. The summed E-state index contributed by atoms with van der Waals surface area (Å²) < 4.78 is 5.10. The van der Waals surface area contributed by atoms with Crippen LogP contribution in [0.2, 0.25) is 0 Å². The summed E-state index contributed by atoms with van der Waals surface area (Å²) in [6.07, 6.45) is 3.24. The van der Waals surface area contributed by atoms with E-state index in [-0.39, 0.29) is 17.9 Å². The van der Waals surface area contributed by atoms with Crippen LogP contribution in [0.25, 0.3) is 0 Å². The number of hydrogen-bond acceptors (Lipinski definition) is 4. The van der Waals surface area contributed by atoms with Crippen LogP contribution >= 0.6 is 0 Å². The summed E-state index contributed by atoms with van der Waals surface area (Å²) in [7, 11) is 1.56. The maximum Gasteiger partial charge on any atom is 0.321 e. The largest absolute Gasteiger partial charge is 0.481 e. The molecule has 3 amide bonds. The zero-order chi connectivity index (χ0) is 19.9. The first-order valence-corrected chi connectivity index (χ1v) is 9.44. The molecule has 7 nitrogen and oxygen atoms in total. The fraction of sp³-hybridized carbons (Fsp3) is 0.381. The van der Waals surface area contributed by atoms with E-state index < -0.39 is 0 Å². The smallest absolute Gasteiger partial charge is 0.321 e. The molecule has 1 unspecified atom stereocenters. The van der Waals surface area contributed by atoms with E-state index in [1.807, 2.05) is 37.3 Å². The third-order valence-electron chi connectivity index (χ3n) is 4.82. The van der Waals surface area contributed by atoms with Gasteiger partial charge < -0.3 is 20.3 Å². The SMILES string of the molecule is COc1cc(CNC(=O)C2CCCN(C(=O)Nc3cccc(C)c3)C2)ccn1. The third-order valence-corrected chi connectivity index (χ3v) is 4.82. The Labute approximate surface area is 165 Å². The van der Waals surface area contributed by atoms with Crippen LogP contribution in [0.1, 0.15) is 24.0 Å². The Morgan fingerprint density at radius 2 is 2.14 bits per heavy atom. The molecule has 1 fully saturated rings. The van der Waals surface area contributed by atoms with Gasteiger partial charge in [0.05, 0.1) is 13.0 Å². The molecule has 0 spiro atoms. The van der Waals surface area contributed by atoms with Gasteiger partial charge in [0, 0.05) is 37.6 Å². The highest BCUT2D eigenvalue weighted by atomic mass is 16.5. The number of carbonyl (C=O) groups excluding carboxylic acids is 2.